The van der Waals surface area contributed by atoms with Crippen molar-refractivity contribution in [2.24, 2.45) is 23.2 Å². The van der Waals surface area contributed by atoms with Crippen LogP contribution in [0.2, 0.25) is 0 Å². The summed E-state index contributed by atoms with van der Waals surface area (Å²) in [7, 11) is 0. The molecule has 108 valence electrons. The van der Waals surface area contributed by atoms with E-state index in [9.17, 15) is 9.59 Å². The average Bonchev–Trinajstić information content (AvgIpc) is 3.03. The number of nitrogens with one attached hydrogen (secondary N) is 1. The summed E-state index contributed by atoms with van der Waals surface area (Å²) in [6, 6.07) is -0.109. The molecule has 1 saturated heterocycles. The van der Waals surface area contributed by atoms with Crippen LogP contribution in [0.25, 0.3) is 0 Å². The Morgan fingerprint density at radius 1 is 1.37 bits per heavy atom. The highest BCUT2D eigenvalue weighted by atomic mass is 16.4. The van der Waals surface area contributed by atoms with Gasteiger partial charge in [-0.15, -0.1) is 0 Å². The summed E-state index contributed by atoms with van der Waals surface area (Å²) in [6.07, 6.45) is 2.36. The highest BCUT2D eigenvalue weighted by molar-refractivity contribution is 5.77. The molecular formula is C14H24N2O3. The van der Waals surface area contributed by atoms with E-state index >= 15 is 0 Å². The Kier molecular flexibility index (Phi) is 3.74. The lowest BCUT2D eigenvalue weighted by atomic mass is 9.92. The van der Waals surface area contributed by atoms with Crippen molar-refractivity contribution in [3.05, 3.63) is 0 Å². The molecule has 19 heavy (non-hydrogen) atoms. The highest BCUT2D eigenvalue weighted by Crippen LogP contribution is 2.51. The van der Waals surface area contributed by atoms with E-state index in [1.165, 1.54) is 12.8 Å². The van der Waals surface area contributed by atoms with Crippen molar-refractivity contribution >= 4 is 12.0 Å². The first-order chi connectivity index (χ1) is 8.85. The molecule has 2 rings (SSSR count). The normalized spacial score (nSPS) is 28.5. The molecule has 1 aliphatic carbocycles. The topological polar surface area (TPSA) is 69.6 Å². The Morgan fingerprint density at radius 3 is 2.42 bits per heavy atom. The van der Waals surface area contributed by atoms with E-state index in [0.29, 0.717) is 25.6 Å². The number of nitrogens with zero attached hydrogens (tertiary/aromatic N) is 1. The van der Waals surface area contributed by atoms with Gasteiger partial charge in [-0.05, 0) is 30.1 Å². The number of carbonyl (C=O) groups excluding carboxylic acids is 1. The smallest absolute Gasteiger partial charge is 0.317 e. The lowest BCUT2D eigenvalue weighted by Gasteiger charge is -2.23. The van der Waals surface area contributed by atoms with Crippen LogP contribution in [0.1, 0.15) is 33.6 Å². The van der Waals surface area contributed by atoms with Gasteiger partial charge in [-0.1, -0.05) is 20.8 Å². The van der Waals surface area contributed by atoms with Crippen LogP contribution in [0.3, 0.4) is 0 Å². The zero-order valence-corrected chi connectivity index (χ0v) is 12.0. The largest absolute Gasteiger partial charge is 0.481 e. The molecule has 1 saturated carbocycles. The zero-order valence-electron chi connectivity index (χ0n) is 12.0. The van der Waals surface area contributed by atoms with Crippen molar-refractivity contribution < 1.29 is 14.7 Å². The van der Waals surface area contributed by atoms with E-state index in [1.54, 1.807) is 4.90 Å². The van der Waals surface area contributed by atoms with Gasteiger partial charge in [-0.3, -0.25) is 4.79 Å². The minimum absolute atomic E-state index is 0.0308. The third-order valence-corrected chi connectivity index (χ3v) is 4.93. The standard InChI is InChI=1S/C14H24N2O3/c1-9(2)14(4-5-14)8-15-13(19)16-6-10(3)11(7-16)12(17)18/h9-11H,4-8H2,1-3H3,(H,15,19)(H,17,18). The third kappa shape index (κ3) is 2.85. The molecule has 0 aromatic heterocycles. The fourth-order valence-electron chi connectivity index (χ4n) is 2.94. The lowest BCUT2D eigenvalue weighted by molar-refractivity contribution is -0.142. The Hall–Kier alpha value is -1.26. The van der Waals surface area contributed by atoms with E-state index in [-0.39, 0.29) is 17.4 Å². The van der Waals surface area contributed by atoms with Gasteiger partial charge in [-0.25, -0.2) is 4.79 Å². The number of carboxylic acids is 1. The van der Waals surface area contributed by atoms with E-state index in [1.807, 2.05) is 6.92 Å². The molecule has 0 radical (unpaired) electrons. The van der Waals surface area contributed by atoms with E-state index in [0.717, 1.165) is 0 Å². The molecule has 2 aliphatic rings. The van der Waals surface area contributed by atoms with Crippen molar-refractivity contribution in [2.75, 3.05) is 19.6 Å². The van der Waals surface area contributed by atoms with Crippen LogP contribution in [0, 0.1) is 23.2 Å². The number of hydrogen-bond acceptors (Lipinski definition) is 2. The van der Waals surface area contributed by atoms with Gasteiger partial charge in [0, 0.05) is 19.6 Å². The number of carbonyl (C=O) groups is 2. The van der Waals surface area contributed by atoms with Crippen molar-refractivity contribution in [2.45, 2.75) is 33.6 Å². The van der Waals surface area contributed by atoms with Gasteiger partial charge in [0.1, 0.15) is 0 Å². The second-order valence-electron chi connectivity index (χ2n) is 6.50. The van der Waals surface area contributed by atoms with Crippen LogP contribution in [0.4, 0.5) is 4.79 Å². The van der Waals surface area contributed by atoms with Crippen molar-refractivity contribution in [1.29, 1.82) is 0 Å². The number of aliphatic carboxylic acids is 1. The van der Waals surface area contributed by atoms with Crippen molar-refractivity contribution in [3.8, 4) is 0 Å². The van der Waals surface area contributed by atoms with Gasteiger partial charge in [0.2, 0.25) is 0 Å². The molecule has 5 nitrogen and oxygen atoms in total. The Balaban J connectivity index is 1.83. The second-order valence-corrected chi connectivity index (χ2v) is 6.50. The van der Waals surface area contributed by atoms with Crippen LogP contribution in [0.5, 0.6) is 0 Å². The first kappa shape index (κ1) is 14.2. The van der Waals surface area contributed by atoms with Crippen LogP contribution in [-0.4, -0.2) is 41.6 Å². The predicted octanol–water partition coefficient (Wildman–Crippen LogP) is 1.78. The van der Waals surface area contributed by atoms with Crippen LogP contribution < -0.4 is 5.32 Å². The molecule has 0 spiro atoms. The lowest BCUT2D eigenvalue weighted by Crippen LogP contribution is -2.42. The van der Waals surface area contributed by atoms with Gasteiger partial charge in [0.05, 0.1) is 5.92 Å². The van der Waals surface area contributed by atoms with Gasteiger partial charge in [0.15, 0.2) is 0 Å². The maximum atomic E-state index is 12.1. The first-order valence-electron chi connectivity index (χ1n) is 7.11. The van der Waals surface area contributed by atoms with Crippen LogP contribution in [-0.2, 0) is 4.79 Å². The molecule has 0 bridgehead atoms. The van der Waals surface area contributed by atoms with Gasteiger partial charge >= 0.3 is 12.0 Å². The number of hydrogen-bond donors (Lipinski definition) is 2. The molecule has 2 fully saturated rings. The summed E-state index contributed by atoms with van der Waals surface area (Å²) >= 11 is 0. The monoisotopic (exact) mass is 268 g/mol. The van der Waals surface area contributed by atoms with Crippen molar-refractivity contribution in [3.63, 3.8) is 0 Å². The summed E-state index contributed by atoms with van der Waals surface area (Å²) in [4.78, 5) is 24.8. The molecule has 1 heterocycles. The maximum absolute atomic E-state index is 12.1. The minimum Gasteiger partial charge on any atom is -0.481 e. The molecular weight excluding hydrogens is 244 g/mol. The molecule has 5 heteroatoms. The Bertz CT molecular complexity index is 377. The number of amides is 2. The SMILES string of the molecule is CC1CN(C(=O)NCC2(C(C)C)CC2)CC1C(=O)O. The quantitative estimate of drug-likeness (QED) is 0.816. The fraction of sp³-hybridized carbons (Fsp3) is 0.857. The molecule has 2 N–H and O–H groups in total. The summed E-state index contributed by atoms with van der Waals surface area (Å²) in [6.45, 7) is 7.86. The van der Waals surface area contributed by atoms with E-state index in [2.05, 4.69) is 19.2 Å². The Morgan fingerprint density at radius 2 is 2.00 bits per heavy atom. The van der Waals surface area contributed by atoms with Gasteiger partial charge in [-0.2, -0.15) is 0 Å². The van der Waals surface area contributed by atoms with E-state index < -0.39 is 11.9 Å². The van der Waals surface area contributed by atoms with Crippen molar-refractivity contribution in [1.82, 2.24) is 10.2 Å². The van der Waals surface area contributed by atoms with Crippen LogP contribution >= 0.6 is 0 Å². The summed E-state index contributed by atoms with van der Waals surface area (Å²) in [5, 5.41) is 12.0. The predicted molar refractivity (Wildman–Crippen MR) is 71.8 cm³/mol. The number of likely N-dealkylation sites (tertiary alicyclic amines) is 1. The fourth-order valence-corrected chi connectivity index (χ4v) is 2.94. The average molecular weight is 268 g/mol. The molecule has 2 amide bonds. The van der Waals surface area contributed by atoms with Gasteiger partial charge < -0.3 is 15.3 Å². The number of carboxylic acid groups (broad SMARTS) is 1. The van der Waals surface area contributed by atoms with Crippen LogP contribution in [0.15, 0.2) is 0 Å². The van der Waals surface area contributed by atoms with E-state index in [4.69, 9.17) is 5.11 Å². The van der Waals surface area contributed by atoms with Gasteiger partial charge in [0.25, 0.3) is 0 Å². The molecule has 0 aromatic carbocycles. The minimum atomic E-state index is -0.802. The Labute approximate surface area is 114 Å². The second kappa shape index (κ2) is 5.02. The number of rotatable bonds is 4. The third-order valence-electron chi connectivity index (χ3n) is 4.93. The number of urea groups is 1. The zero-order chi connectivity index (χ0) is 14.2. The summed E-state index contributed by atoms with van der Waals surface area (Å²) in [5.41, 5.74) is 0.285. The molecule has 0 aromatic rings. The molecule has 1 aliphatic heterocycles. The summed E-state index contributed by atoms with van der Waals surface area (Å²) in [5.74, 6) is -0.616. The first-order valence-corrected chi connectivity index (χ1v) is 7.11. The highest BCUT2D eigenvalue weighted by Gasteiger charge is 2.46. The molecule has 2 unspecified atom stereocenters. The molecule has 2 atom stereocenters. The maximum Gasteiger partial charge on any atom is 0.317 e. The summed E-state index contributed by atoms with van der Waals surface area (Å²) < 4.78 is 0.